The number of aryl methyl sites for hydroxylation is 1. The minimum Gasteiger partial charge on any atom is -0.503 e. The predicted molar refractivity (Wildman–Crippen MR) is 141 cm³/mol. The van der Waals surface area contributed by atoms with Crippen molar-refractivity contribution >= 4 is 46.2 Å². The highest BCUT2D eigenvalue weighted by Gasteiger charge is 2.45. The number of carbonyl (C=O) groups is 4. The van der Waals surface area contributed by atoms with Crippen LogP contribution in [0.3, 0.4) is 0 Å². The monoisotopic (exact) mass is 532 g/mol. The van der Waals surface area contributed by atoms with Crippen LogP contribution in [-0.2, 0) is 19.1 Å². The van der Waals surface area contributed by atoms with Gasteiger partial charge in [0.05, 0.1) is 36.6 Å². The maximum Gasteiger partial charge on any atom is 0.350 e. The number of ketones is 1. The number of methoxy groups -OCH3 is 1. The first-order valence-corrected chi connectivity index (χ1v) is 12.4. The van der Waals surface area contributed by atoms with Gasteiger partial charge in [-0.2, -0.15) is 0 Å². The molecule has 1 aliphatic heterocycles. The van der Waals surface area contributed by atoms with E-state index in [1.165, 1.54) is 30.2 Å². The Morgan fingerprint density at radius 2 is 1.76 bits per heavy atom. The van der Waals surface area contributed by atoms with Crippen LogP contribution >= 0.6 is 11.3 Å². The third-order valence-electron chi connectivity index (χ3n) is 5.80. The zero-order valence-corrected chi connectivity index (χ0v) is 21.7. The van der Waals surface area contributed by atoms with E-state index in [2.05, 4.69) is 4.98 Å². The molecule has 0 aliphatic carbocycles. The highest BCUT2D eigenvalue weighted by molar-refractivity contribution is 7.17. The average Bonchev–Trinajstić information content (AvgIpc) is 3.44. The summed E-state index contributed by atoms with van der Waals surface area (Å²) in [6.45, 7) is 3.45. The number of carbonyl (C=O) groups excluding carboxylic acids is 4. The van der Waals surface area contributed by atoms with Crippen molar-refractivity contribution in [3.63, 3.8) is 0 Å². The van der Waals surface area contributed by atoms with Gasteiger partial charge in [0.2, 0.25) is 0 Å². The largest absolute Gasteiger partial charge is 0.503 e. The van der Waals surface area contributed by atoms with Crippen molar-refractivity contribution in [3.8, 4) is 0 Å². The van der Waals surface area contributed by atoms with E-state index in [0.717, 1.165) is 16.9 Å². The number of nitrogens with zero attached hydrogens (tertiary/aromatic N) is 2. The maximum atomic E-state index is 13.4. The molecule has 3 aromatic rings. The maximum absolute atomic E-state index is 13.4. The summed E-state index contributed by atoms with van der Waals surface area (Å²) in [4.78, 5) is 56.8. The van der Waals surface area contributed by atoms with Gasteiger partial charge < -0.3 is 14.6 Å². The molecule has 38 heavy (non-hydrogen) atoms. The summed E-state index contributed by atoms with van der Waals surface area (Å²) in [6.07, 6.45) is 2.87. The first kappa shape index (κ1) is 26.5. The Morgan fingerprint density at radius 1 is 1.08 bits per heavy atom. The van der Waals surface area contributed by atoms with Gasteiger partial charge in [0, 0.05) is 0 Å². The predicted octanol–water partition coefficient (Wildman–Crippen LogP) is 4.60. The Morgan fingerprint density at radius 3 is 2.39 bits per heavy atom. The molecule has 0 radical (unpaired) electrons. The summed E-state index contributed by atoms with van der Waals surface area (Å²) >= 11 is 0.923. The van der Waals surface area contributed by atoms with Crippen molar-refractivity contribution in [1.29, 1.82) is 0 Å². The fourth-order valence-corrected chi connectivity index (χ4v) is 4.97. The molecule has 1 aromatic heterocycles. The van der Waals surface area contributed by atoms with Crippen LogP contribution in [0.2, 0.25) is 0 Å². The van der Waals surface area contributed by atoms with Crippen molar-refractivity contribution < 1.29 is 33.8 Å². The molecule has 1 atom stereocenters. The third kappa shape index (κ3) is 5.12. The van der Waals surface area contributed by atoms with Gasteiger partial charge in [-0.1, -0.05) is 59.9 Å². The van der Waals surface area contributed by atoms with E-state index in [1.807, 2.05) is 30.3 Å². The molecular weight excluding hydrogens is 508 g/mol. The molecule has 0 saturated heterocycles. The fraction of sp³-hybridized carbons (Fsp3) is 0.179. The minimum absolute atomic E-state index is 0.110. The van der Waals surface area contributed by atoms with Crippen molar-refractivity contribution in [3.05, 3.63) is 99.3 Å². The SMILES string of the molecule is CCOC(=O)c1sc(N2C(=O)C(O)=C(C(=O)C=Cc3ccccc3)C2c2ccc(C(=O)OC)cc2)nc1C. The summed E-state index contributed by atoms with van der Waals surface area (Å²) in [7, 11) is 1.26. The average molecular weight is 533 g/mol. The van der Waals surface area contributed by atoms with Gasteiger partial charge in [0.25, 0.3) is 5.91 Å². The number of amides is 1. The first-order valence-electron chi connectivity index (χ1n) is 11.6. The van der Waals surface area contributed by atoms with Crippen LogP contribution in [0.25, 0.3) is 6.08 Å². The van der Waals surface area contributed by atoms with Crippen LogP contribution in [0.1, 0.15) is 49.8 Å². The van der Waals surface area contributed by atoms with Crippen molar-refractivity contribution in [2.24, 2.45) is 0 Å². The number of hydrogen-bond donors (Lipinski definition) is 1. The minimum atomic E-state index is -1.07. The number of allylic oxidation sites excluding steroid dienone is 1. The molecule has 1 N–H and O–H groups in total. The lowest BCUT2D eigenvalue weighted by Crippen LogP contribution is -2.30. The van der Waals surface area contributed by atoms with Crippen LogP contribution in [-0.4, -0.2) is 47.4 Å². The topological polar surface area (TPSA) is 123 Å². The van der Waals surface area contributed by atoms with Crippen LogP contribution in [0.5, 0.6) is 0 Å². The van der Waals surface area contributed by atoms with Crippen LogP contribution in [0, 0.1) is 6.92 Å². The van der Waals surface area contributed by atoms with E-state index < -0.39 is 35.4 Å². The highest BCUT2D eigenvalue weighted by atomic mass is 32.1. The van der Waals surface area contributed by atoms with E-state index in [-0.39, 0.29) is 27.8 Å². The van der Waals surface area contributed by atoms with Gasteiger partial charge in [0.1, 0.15) is 4.88 Å². The molecular formula is C28H24N2O7S. The van der Waals surface area contributed by atoms with Gasteiger partial charge in [0.15, 0.2) is 16.7 Å². The van der Waals surface area contributed by atoms with Gasteiger partial charge in [-0.05, 0) is 43.2 Å². The van der Waals surface area contributed by atoms with Crippen molar-refractivity contribution in [1.82, 2.24) is 4.98 Å². The second-order valence-electron chi connectivity index (χ2n) is 8.19. The first-order chi connectivity index (χ1) is 18.3. The summed E-state index contributed by atoms with van der Waals surface area (Å²) in [5.74, 6) is -3.28. The molecule has 2 heterocycles. The molecule has 2 aromatic carbocycles. The number of anilines is 1. The Balaban J connectivity index is 1.79. The summed E-state index contributed by atoms with van der Waals surface area (Å²) in [6, 6.07) is 14.2. The van der Waals surface area contributed by atoms with Gasteiger partial charge in [-0.25, -0.2) is 14.6 Å². The van der Waals surface area contributed by atoms with Crippen LogP contribution < -0.4 is 4.90 Å². The quantitative estimate of drug-likeness (QED) is 0.330. The lowest BCUT2D eigenvalue weighted by Gasteiger charge is -2.24. The number of ether oxygens (including phenoxy) is 2. The lowest BCUT2D eigenvalue weighted by atomic mass is 9.95. The molecule has 1 amide bonds. The van der Waals surface area contributed by atoms with Crippen molar-refractivity contribution in [2.75, 3.05) is 18.6 Å². The Hall–Kier alpha value is -4.57. The summed E-state index contributed by atoms with van der Waals surface area (Å²) < 4.78 is 9.83. The molecule has 194 valence electrons. The zero-order valence-electron chi connectivity index (χ0n) is 20.8. The second kappa shape index (κ2) is 11.2. The van der Waals surface area contributed by atoms with E-state index in [4.69, 9.17) is 9.47 Å². The lowest BCUT2D eigenvalue weighted by molar-refractivity contribution is -0.117. The number of esters is 2. The highest BCUT2D eigenvalue weighted by Crippen LogP contribution is 2.43. The van der Waals surface area contributed by atoms with Crippen LogP contribution in [0.15, 0.2) is 72.0 Å². The standard InChI is InChI=1S/C28H24N2O7S/c1-4-37-27(35)24-16(2)29-28(38-24)30-22(18-11-13-19(14-12-18)26(34)36-3)21(23(32)25(30)33)20(31)15-10-17-8-6-5-7-9-17/h5-15,22,32H,4H2,1-3H3. The molecule has 4 rings (SSSR count). The Bertz CT molecular complexity index is 1460. The van der Waals surface area contributed by atoms with E-state index in [9.17, 15) is 24.3 Å². The molecule has 0 fully saturated rings. The molecule has 1 aliphatic rings. The normalized spacial score (nSPS) is 15.3. The molecule has 0 saturated carbocycles. The smallest absolute Gasteiger partial charge is 0.350 e. The van der Waals surface area contributed by atoms with E-state index in [1.54, 1.807) is 32.1 Å². The number of thiazole rings is 1. The molecule has 1 unspecified atom stereocenters. The van der Waals surface area contributed by atoms with Gasteiger partial charge >= 0.3 is 11.9 Å². The summed E-state index contributed by atoms with van der Waals surface area (Å²) in [5.41, 5.74) is 1.66. The molecule has 9 nitrogen and oxygen atoms in total. The zero-order chi connectivity index (χ0) is 27.4. The number of hydrogen-bond acceptors (Lipinski definition) is 9. The number of rotatable bonds is 8. The number of aromatic nitrogens is 1. The van der Waals surface area contributed by atoms with E-state index in [0.29, 0.717) is 11.3 Å². The molecule has 0 spiro atoms. The Kier molecular flexibility index (Phi) is 7.82. The van der Waals surface area contributed by atoms with Gasteiger partial charge in [-0.3, -0.25) is 14.5 Å². The van der Waals surface area contributed by atoms with Crippen LogP contribution in [0.4, 0.5) is 5.13 Å². The van der Waals surface area contributed by atoms with E-state index >= 15 is 0 Å². The summed E-state index contributed by atoms with van der Waals surface area (Å²) in [5, 5.41) is 11.0. The Labute approximate surface area is 222 Å². The van der Waals surface area contributed by atoms with Gasteiger partial charge in [-0.15, -0.1) is 0 Å². The fourth-order valence-electron chi connectivity index (χ4n) is 3.99. The number of aliphatic hydroxyl groups is 1. The molecule has 10 heteroatoms. The molecule has 0 bridgehead atoms. The number of aliphatic hydroxyl groups excluding tert-OH is 1. The second-order valence-corrected chi connectivity index (χ2v) is 9.17. The number of benzene rings is 2. The third-order valence-corrected chi connectivity index (χ3v) is 6.94. The van der Waals surface area contributed by atoms with Crippen molar-refractivity contribution in [2.45, 2.75) is 19.9 Å².